The fourth-order valence-electron chi connectivity index (χ4n) is 19.1. The topological polar surface area (TPSA) is 453 Å². The molecule has 8 N–H and O–H groups in total. The highest BCUT2D eigenvalue weighted by atomic mass is 35.5. The number of anilines is 8. The predicted molar refractivity (Wildman–Crippen MR) is 557 cm³/mol. The van der Waals surface area contributed by atoms with E-state index in [1.807, 2.05) is 114 Å². The lowest BCUT2D eigenvalue weighted by Gasteiger charge is -2.46. The van der Waals surface area contributed by atoms with Crippen molar-refractivity contribution in [2.45, 2.75) is 180 Å². The van der Waals surface area contributed by atoms with E-state index in [0.29, 0.717) is 75.6 Å². The van der Waals surface area contributed by atoms with Crippen LogP contribution in [0.5, 0.6) is 0 Å². The smallest absolute Gasteiger partial charge is 0.252 e. The molecule has 0 unspecified atom stereocenters. The van der Waals surface area contributed by atoms with Gasteiger partial charge in [0, 0.05) is 139 Å². The first kappa shape index (κ1) is 107. The second-order valence-corrected chi connectivity index (χ2v) is 38.7. The number of imide groups is 4. The van der Waals surface area contributed by atoms with Gasteiger partial charge in [-0.25, -0.2) is 24.9 Å². The van der Waals surface area contributed by atoms with Crippen molar-refractivity contribution in [3.05, 3.63) is 283 Å². The highest BCUT2D eigenvalue weighted by molar-refractivity contribution is 7.08. The number of benzene rings is 4. The first-order chi connectivity index (χ1) is 69.3. The van der Waals surface area contributed by atoms with Gasteiger partial charge in [0.2, 0.25) is 47.3 Å². The normalized spacial score (nSPS) is 18.0. The molecule has 8 aromatic heterocycles. The van der Waals surface area contributed by atoms with Crippen LogP contribution in [0.4, 0.5) is 46.3 Å². The summed E-state index contributed by atoms with van der Waals surface area (Å²) < 4.78 is 4.78. The molecule has 12 aromatic rings. The van der Waals surface area contributed by atoms with Crippen molar-refractivity contribution in [1.82, 2.24) is 73.9 Å². The number of halogens is 2. The number of aromatic nitrogens is 11. The lowest BCUT2D eigenvalue weighted by molar-refractivity contribution is -0.171. The van der Waals surface area contributed by atoms with Gasteiger partial charge in [-0.15, -0.1) is 11.3 Å². The fourth-order valence-corrected chi connectivity index (χ4v) is 20.1. The van der Waals surface area contributed by atoms with Gasteiger partial charge < -0.3 is 32.7 Å². The monoisotopic (exact) mass is 2020 g/mol. The molecule has 12 amide bonds. The third-order valence-electron chi connectivity index (χ3n) is 27.3. The quantitative estimate of drug-likeness (QED) is 0.0278. The zero-order chi connectivity index (χ0) is 105. The number of nitrogens with zero attached hydrogens (tertiary/aromatic N) is 19. The third-order valence-corrected chi connectivity index (χ3v) is 28.3. The molecule has 0 spiro atoms. The van der Waals surface area contributed by atoms with Crippen LogP contribution in [0.3, 0.4) is 0 Å². The summed E-state index contributed by atoms with van der Waals surface area (Å²) in [5.41, 5.74) is 36.3. The lowest BCUT2D eigenvalue weighted by Crippen LogP contribution is -2.69. The number of β-lactam (4-membered cyclic amide) rings is 4. The number of pyridine rings is 4. The third kappa shape index (κ3) is 25.2. The molecule has 4 saturated heterocycles. The number of carbonyl (C=O) groups excluding carboxylic acids is 12. The van der Waals surface area contributed by atoms with E-state index < -0.39 is 47.8 Å². The molecule has 4 aliphatic heterocycles. The summed E-state index contributed by atoms with van der Waals surface area (Å²) >= 11 is 13.7. The van der Waals surface area contributed by atoms with E-state index in [1.54, 1.807) is 185 Å². The van der Waals surface area contributed by atoms with E-state index in [1.165, 1.54) is 36.5 Å². The summed E-state index contributed by atoms with van der Waals surface area (Å²) in [4.78, 5) is 192. The van der Waals surface area contributed by atoms with Crippen molar-refractivity contribution in [2.24, 2.45) is 44.8 Å². The second-order valence-electron chi connectivity index (χ2n) is 37.1. The number of carbonyl (C=O) groups is 12. The molecular formula is C107H123Cl2N23O12S. The lowest BCUT2D eigenvalue weighted by atomic mass is 9.80. The number of thiazole rings is 1. The van der Waals surface area contributed by atoms with E-state index in [4.69, 9.17) is 46.1 Å². The highest BCUT2D eigenvalue weighted by Gasteiger charge is 2.59. The molecule has 16 rings (SSSR count). The number of nitrogens with two attached hydrogens (primary N) is 4. The van der Waals surface area contributed by atoms with Crippen LogP contribution in [0.1, 0.15) is 171 Å². The van der Waals surface area contributed by atoms with Gasteiger partial charge >= 0.3 is 0 Å². The minimum atomic E-state index is -0.934. The molecule has 38 heteroatoms. The van der Waals surface area contributed by atoms with Crippen LogP contribution in [0, 0.1) is 37.5 Å². The Labute approximate surface area is 856 Å². The average molecular weight is 2030 g/mol. The number of hydrogen-bond donors (Lipinski definition) is 4. The van der Waals surface area contributed by atoms with Gasteiger partial charge in [-0.1, -0.05) is 136 Å². The summed E-state index contributed by atoms with van der Waals surface area (Å²) in [5.74, 6) is -4.99. The molecule has 758 valence electrons. The highest BCUT2D eigenvalue weighted by Crippen LogP contribution is 2.42. The van der Waals surface area contributed by atoms with E-state index in [0.717, 1.165) is 94.6 Å². The van der Waals surface area contributed by atoms with Crippen molar-refractivity contribution in [1.29, 1.82) is 0 Å². The van der Waals surface area contributed by atoms with Crippen molar-refractivity contribution in [3.63, 3.8) is 0 Å². The van der Waals surface area contributed by atoms with Crippen LogP contribution >= 0.6 is 34.5 Å². The van der Waals surface area contributed by atoms with Crippen LogP contribution in [0.15, 0.2) is 212 Å². The maximum absolute atomic E-state index is 13.7. The number of likely N-dealkylation sites (N-methyl/N-ethyl adjacent to an activating group) is 4. The summed E-state index contributed by atoms with van der Waals surface area (Å²) in [6.45, 7) is 13.9. The van der Waals surface area contributed by atoms with Gasteiger partial charge in [-0.3, -0.25) is 101 Å². The van der Waals surface area contributed by atoms with Crippen molar-refractivity contribution in [2.75, 3.05) is 70.7 Å². The van der Waals surface area contributed by atoms with E-state index in [2.05, 4.69) is 65.3 Å². The zero-order valence-electron chi connectivity index (χ0n) is 83.7. The summed E-state index contributed by atoms with van der Waals surface area (Å²) in [5, 5.41) is 15.5. The number of hydrogen-bond acceptors (Lipinski definition) is 25. The number of amides is 12. The maximum atomic E-state index is 13.7. The Morgan fingerprint density at radius 3 is 1.07 bits per heavy atom. The molecular weight excluding hydrogens is 1900 g/mol. The van der Waals surface area contributed by atoms with Crippen LogP contribution in [0.25, 0.3) is 0 Å². The Bertz CT molecular complexity index is 6730. The molecule has 4 fully saturated rings. The molecule has 0 aliphatic carbocycles. The molecule has 35 nitrogen and oxygen atoms in total. The Hall–Kier alpha value is -15.0. The first-order valence-corrected chi connectivity index (χ1v) is 49.9. The average Bonchev–Trinajstić information content (AvgIpc) is 1.68. The SMILES string of the molecule is CC[C@@H](CC(=O)N1C(=O)[C@H](Cc2cc(C)nc(N)c2)[C@H]1C(=O)N(C)c1cnn(C)c1)c1cccc(Cl)c1.CC[C@@H](CC(=O)N1C(=O)[C@H](Cc2ccnc(N)c2)[C@H]1C(=O)N(C)c1ccn(C)n1)c1cccc(C)c1.CC[C@@H](CC(=O)N1C(=O)[C@H](Cc2ccnc(N)c2)[C@H]1C(=O)N(C)c1cscn1)c1cccc(Cl)c1.CCc1cccc([C@@H](CC)CC(=O)N2C(=O)[C@H](Cc3ccnc(N)c3)[C@H]2C(=O)N(C)c2cnn(C)c2)c1. The van der Waals surface area contributed by atoms with Crippen molar-refractivity contribution < 1.29 is 57.5 Å². The summed E-state index contributed by atoms with van der Waals surface area (Å²) in [7, 11) is 11.8. The molecule has 4 aliphatic rings. The van der Waals surface area contributed by atoms with Gasteiger partial charge in [-0.2, -0.15) is 15.3 Å². The van der Waals surface area contributed by atoms with Gasteiger partial charge in [0.25, 0.3) is 23.6 Å². The van der Waals surface area contributed by atoms with Gasteiger partial charge in [0.05, 0.1) is 53.0 Å². The summed E-state index contributed by atoms with van der Waals surface area (Å²) in [6.07, 6.45) is 18.4. The second kappa shape index (κ2) is 47.9. The molecule has 0 bridgehead atoms. The van der Waals surface area contributed by atoms with Crippen LogP contribution in [0.2, 0.25) is 10.0 Å². The summed E-state index contributed by atoms with van der Waals surface area (Å²) in [6, 6.07) is 42.9. The predicted octanol–water partition coefficient (Wildman–Crippen LogP) is 13.4. The van der Waals surface area contributed by atoms with E-state index in [-0.39, 0.29) is 140 Å². The molecule has 12 atom stereocenters. The standard InChI is InChI=1S/C28H34N6O3.C27H31ClN6O3.C27H32N6O3.C25H26ClN5O3S/c1-5-18-8-7-9-21(12-18)20(6-2)15-25(35)34-26(28(37)33(4)22-16-31-32(3)17-22)23(27(34)36)13-19-10-11-30-24(29)14-19;1-5-18(19-7-6-8-20(28)12-19)13-24(35)34-25(27(37)33(4)21-14-30-32(3)15-21)22(26(34)36)10-17-9-16(2)31-23(29)11-17;1-5-19(20-8-6-7-17(2)13-20)16-24(34)33-25(27(36)32(4)23-10-12-31(3)30-23)21(26(33)35)14-18-9-11-29-22(28)15-18;1-3-16(17-5-4-6-18(26)11-17)12-22(32)31-23(25(34)30(2)21-13-35-14-29-21)19(24(31)33)9-15-7-8-28-20(27)10-15/h7-12,14,16-17,20,23,26H,5-6,13,15H2,1-4H3,(H2,29,30);6-9,11-12,14-15,18,22,25H,5,10,13H2,1-4H3,(H2,29,31);6-13,15,19,21,25H,5,14,16H2,1-4H3,(H2,28,29);4-8,10-11,13-14,16,19,23H,3,9,12H2,1-2H3,(H2,27,28)/t20-,23+,26-;18-,22+,25-;19-,21+,25-;16-,19+,23-/m0000/s1. The molecule has 12 heterocycles. The van der Waals surface area contributed by atoms with E-state index in [9.17, 15) is 57.5 Å². The molecule has 4 aromatic carbocycles. The number of rotatable bonds is 33. The van der Waals surface area contributed by atoms with Gasteiger partial charge in [-0.05, 0) is 218 Å². The number of aryl methyl sites for hydroxylation is 6. The molecule has 0 saturated carbocycles. The van der Waals surface area contributed by atoms with Gasteiger partial charge in [0.15, 0.2) is 5.82 Å². The van der Waals surface area contributed by atoms with E-state index >= 15 is 0 Å². The fraction of sp³-hybridized carbons (Fsp3) is 0.364. The van der Waals surface area contributed by atoms with Gasteiger partial charge in [0.1, 0.15) is 53.3 Å². The minimum absolute atomic E-state index is 0.0438. The first-order valence-electron chi connectivity index (χ1n) is 48.2. The largest absolute Gasteiger partial charge is 0.384 e. The van der Waals surface area contributed by atoms with Crippen molar-refractivity contribution in [3.8, 4) is 0 Å². The molecule has 145 heavy (non-hydrogen) atoms. The van der Waals surface area contributed by atoms with Crippen LogP contribution in [-0.2, 0) is 111 Å². The Morgan fingerprint density at radius 2 is 0.745 bits per heavy atom. The Balaban J connectivity index is 0.000000162. The molecule has 0 radical (unpaired) electrons. The maximum Gasteiger partial charge on any atom is 0.252 e. The van der Waals surface area contributed by atoms with Crippen LogP contribution < -0.4 is 42.5 Å². The zero-order valence-corrected chi connectivity index (χ0v) is 86.0. The van der Waals surface area contributed by atoms with Crippen LogP contribution in [-0.4, -0.2) is 197 Å². The minimum Gasteiger partial charge on any atom is -0.384 e. The van der Waals surface area contributed by atoms with Crippen molar-refractivity contribution >= 4 is 152 Å². The number of likely N-dealkylation sites (tertiary alicyclic amines) is 4. The Morgan fingerprint density at radius 1 is 0.393 bits per heavy atom. The Kier molecular flexibility index (Phi) is 35.4. The number of nitrogen functional groups attached to an aromatic ring is 4.